The summed E-state index contributed by atoms with van der Waals surface area (Å²) in [6.45, 7) is -0.525. The molecule has 1 N–H and O–H groups in total. The molecule has 14 heavy (non-hydrogen) atoms. The van der Waals surface area contributed by atoms with Crippen molar-refractivity contribution in [2.24, 2.45) is 0 Å². The van der Waals surface area contributed by atoms with Crippen molar-refractivity contribution in [2.75, 3.05) is 0 Å². The van der Waals surface area contributed by atoms with Crippen molar-refractivity contribution >= 4 is 27.5 Å². The van der Waals surface area contributed by atoms with Gasteiger partial charge in [-0.3, -0.25) is 4.98 Å². The summed E-state index contributed by atoms with van der Waals surface area (Å²) in [5.41, 5.74) is 0.137. The Kier molecular flexibility index (Phi) is 4.22. The SMILES string of the molecule is OCc1nc(CCl)cc(Br)c1C(F)F. The van der Waals surface area contributed by atoms with Crippen LogP contribution < -0.4 is 0 Å². The van der Waals surface area contributed by atoms with E-state index in [0.717, 1.165) is 0 Å². The van der Waals surface area contributed by atoms with Crippen LogP contribution in [0.4, 0.5) is 8.78 Å². The average molecular weight is 287 g/mol. The number of alkyl halides is 3. The molecule has 0 saturated heterocycles. The van der Waals surface area contributed by atoms with Crippen LogP contribution in [0.3, 0.4) is 0 Å². The molecule has 0 atom stereocenters. The van der Waals surface area contributed by atoms with E-state index >= 15 is 0 Å². The fourth-order valence-electron chi connectivity index (χ4n) is 1.05. The Labute approximate surface area is 93.0 Å². The summed E-state index contributed by atoms with van der Waals surface area (Å²) >= 11 is 8.50. The van der Waals surface area contributed by atoms with Gasteiger partial charge in [0.05, 0.1) is 29.4 Å². The quantitative estimate of drug-likeness (QED) is 0.867. The maximum absolute atomic E-state index is 12.5. The molecule has 0 amide bonds. The van der Waals surface area contributed by atoms with Crippen LogP contribution in [0.15, 0.2) is 10.5 Å². The first kappa shape index (κ1) is 11.8. The van der Waals surface area contributed by atoms with E-state index in [0.29, 0.717) is 5.69 Å². The molecule has 0 aliphatic carbocycles. The molecule has 1 aromatic rings. The van der Waals surface area contributed by atoms with E-state index in [9.17, 15) is 8.78 Å². The molecule has 78 valence electrons. The number of pyridine rings is 1. The Bertz CT molecular complexity index is 335. The van der Waals surface area contributed by atoms with E-state index in [1.165, 1.54) is 6.07 Å². The van der Waals surface area contributed by atoms with Crippen LogP contribution in [0.5, 0.6) is 0 Å². The first-order valence-electron chi connectivity index (χ1n) is 3.73. The summed E-state index contributed by atoms with van der Waals surface area (Å²) in [6, 6.07) is 1.42. The Morgan fingerprint density at radius 3 is 2.64 bits per heavy atom. The first-order valence-corrected chi connectivity index (χ1v) is 5.06. The fraction of sp³-hybridized carbons (Fsp3) is 0.375. The minimum Gasteiger partial charge on any atom is -0.390 e. The van der Waals surface area contributed by atoms with E-state index in [1.54, 1.807) is 0 Å². The van der Waals surface area contributed by atoms with Gasteiger partial charge in [0.15, 0.2) is 0 Å². The van der Waals surface area contributed by atoms with Gasteiger partial charge in [0, 0.05) is 4.47 Å². The van der Waals surface area contributed by atoms with E-state index in [-0.39, 0.29) is 21.6 Å². The zero-order chi connectivity index (χ0) is 10.7. The first-order chi connectivity index (χ1) is 6.60. The molecule has 0 saturated carbocycles. The summed E-state index contributed by atoms with van der Waals surface area (Å²) in [5, 5.41) is 8.85. The highest BCUT2D eigenvalue weighted by Gasteiger charge is 2.18. The lowest BCUT2D eigenvalue weighted by atomic mass is 10.2. The number of aliphatic hydroxyl groups is 1. The molecule has 1 heterocycles. The van der Waals surface area contributed by atoms with E-state index in [4.69, 9.17) is 16.7 Å². The standard InChI is InChI=1S/C8H7BrClF2NO/c9-5-1-4(2-10)13-6(3-14)7(5)8(11)12/h1,8,14H,2-3H2. The minimum absolute atomic E-state index is 0.0370. The van der Waals surface area contributed by atoms with Crippen LogP contribution in [0.1, 0.15) is 23.4 Å². The average Bonchev–Trinajstić information content (AvgIpc) is 2.15. The van der Waals surface area contributed by atoms with Crippen molar-refractivity contribution in [3.63, 3.8) is 0 Å². The fourth-order valence-corrected chi connectivity index (χ4v) is 1.85. The van der Waals surface area contributed by atoms with Crippen LogP contribution in [-0.2, 0) is 12.5 Å². The smallest absolute Gasteiger partial charge is 0.266 e. The lowest BCUT2D eigenvalue weighted by molar-refractivity contribution is 0.145. The predicted octanol–water partition coefficient (Wildman–Crippen LogP) is 3.01. The van der Waals surface area contributed by atoms with Gasteiger partial charge in [-0.15, -0.1) is 11.6 Å². The lowest BCUT2D eigenvalue weighted by Crippen LogP contribution is -2.02. The van der Waals surface area contributed by atoms with Gasteiger partial charge in [0.1, 0.15) is 0 Å². The van der Waals surface area contributed by atoms with Gasteiger partial charge in [-0.1, -0.05) is 15.9 Å². The van der Waals surface area contributed by atoms with Gasteiger partial charge in [0.25, 0.3) is 6.43 Å². The number of aliphatic hydroxyl groups excluding tert-OH is 1. The second-order valence-corrected chi connectivity index (χ2v) is 3.67. The highest BCUT2D eigenvalue weighted by molar-refractivity contribution is 9.10. The molecule has 1 rings (SSSR count). The number of nitrogens with zero attached hydrogens (tertiary/aromatic N) is 1. The summed E-state index contributed by atoms with van der Waals surface area (Å²) in [4.78, 5) is 3.80. The maximum atomic E-state index is 12.5. The Morgan fingerprint density at radius 1 is 1.57 bits per heavy atom. The van der Waals surface area contributed by atoms with Gasteiger partial charge in [-0.25, -0.2) is 8.78 Å². The third-order valence-electron chi connectivity index (χ3n) is 1.65. The van der Waals surface area contributed by atoms with Crippen LogP contribution >= 0.6 is 27.5 Å². The second-order valence-electron chi connectivity index (χ2n) is 2.55. The zero-order valence-corrected chi connectivity index (χ0v) is 9.32. The molecule has 6 heteroatoms. The zero-order valence-electron chi connectivity index (χ0n) is 6.98. The lowest BCUT2D eigenvalue weighted by Gasteiger charge is -2.09. The third kappa shape index (κ3) is 2.40. The molecule has 0 aromatic carbocycles. The normalized spacial score (nSPS) is 11.0. The number of halogens is 4. The van der Waals surface area contributed by atoms with Crippen LogP contribution in [0, 0.1) is 0 Å². The summed E-state index contributed by atoms with van der Waals surface area (Å²) < 4.78 is 25.2. The molecular formula is C8H7BrClF2NO. The molecule has 0 radical (unpaired) electrons. The van der Waals surface area contributed by atoms with Crippen molar-refractivity contribution in [1.82, 2.24) is 4.98 Å². The monoisotopic (exact) mass is 285 g/mol. The minimum atomic E-state index is -2.66. The molecule has 0 fully saturated rings. The summed E-state index contributed by atoms with van der Waals surface area (Å²) in [6.07, 6.45) is -2.66. The second kappa shape index (κ2) is 5.00. The highest BCUT2D eigenvalue weighted by Crippen LogP contribution is 2.30. The van der Waals surface area contributed by atoms with Crippen LogP contribution in [0.2, 0.25) is 0 Å². The van der Waals surface area contributed by atoms with E-state index in [2.05, 4.69) is 20.9 Å². The Hall–Kier alpha value is -0.260. The molecule has 0 spiro atoms. The topological polar surface area (TPSA) is 33.1 Å². The van der Waals surface area contributed by atoms with Gasteiger partial charge in [-0.05, 0) is 6.07 Å². The molecule has 1 aromatic heterocycles. The molecule has 2 nitrogen and oxygen atoms in total. The summed E-state index contributed by atoms with van der Waals surface area (Å²) in [7, 11) is 0. The third-order valence-corrected chi connectivity index (χ3v) is 2.57. The van der Waals surface area contributed by atoms with Gasteiger partial charge >= 0.3 is 0 Å². The van der Waals surface area contributed by atoms with Crippen molar-refractivity contribution in [3.8, 4) is 0 Å². The van der Waals surface area contributed by atoms with Crippen molar-refractivity contribution in [1.29, 1.82) is 0 Å². The van der Waals surface area contributed by atoms with Gasteiger partial charge in [0.2, 0.25) is 0 Å². The maximum Gasteiger partial charge on any atom is 0.266 e. The molecule has 0 aliphatic rings. The van der Waals surface area contributed by atoms with Gasteiger partial charge in [-0.2, -0.15) is 0 Å². The number of aromatic nitrogens is 1. The molecule has 0 aliphatic heterocycles. The van der Waals surface area contributed by atoms with Crippen molar-refractivity contribution < 1.29 is 13.9 Å². The largest absolute Gasteiger partial charge is 0.390 e. The van der Waals surface area contributed by atoms with E-state index < -0.39 is 13.0 Å². The predicted molar refractivity (Wildman–Crippen MR) is 52.4 cm³/mol. The Balaban J connectivity index is 3.27. The van der Waals surface area contributed by atoms with Crippen LogP contribution in [-0.4, -0.2) is 10.1 Å². The number of hydrogen-bond acceptors (Lipinski definition) is 2. The number of hydrogen-bond donors (Lipinski definition) is 1. The highest BCUT2D eigenvalue weighted by atomic mass is 79.9. The van der Waals surface area contributed by atoms with Crippen molar-refractivity contribution in [2.45, 2.75) is 18.9 Å². The summed E-state index contributed by atoms with van der Waals surface area (Å²) in [5.74, 6) is 0.120. The molecule has 0 bridgehead atoms. The molecular weight excluding hydrogens is 279 g/mol. The number of rotatable bonds is 3. The van der Waals surface area contributed by atoms with Crippen LogP contribution in [0.25, 0.3) is 0 Å². The van der Waals surface area contributed by atoms with E-state index in [1.807, 2.05) is 0 Å². The Morgan fingerprint density at radius 2 is 2.21 bits per heavy atom. The van der Waals surface area contributed by atoms with Crippen molar-refractivity contribution in [3.05, 3.63) is 27.5 Å². The van der Waals surface area contributed by atoms with Gasteiger partial charge < -0.3 is 5.11 Å². The molecule has 0 unspecified atom stereocenters.